The molecule has 1 aromatic heterocycles. The molecule has 47 heavy (non-hydrogen) atoms. The van der Waals surface area contributed by atoms with Crippen molar-refractivity contribution in [1.29, 1.82) is 0 Å². The maximum Gasteiger partial charge on any atom is 0.434 e. The first-order valence-electron chi connectivity index (χ1n) is 15.1. The Bertz CT molecular complexity index is 1700. The first-order chi connectivity index (χ1) is 22.3. The zero-order valence-corrected chi connectivity index (χ0v) is 28.2. The monoisotopic (exact) mass is 677 g/mol. The predicted octanol–water partition coefficient (Wildman–Crippen LogP) is 3.61. The standard InChI is InChI=1S/C31H41F2N7O6S/c1-7-46-31(42)40-28-10-12-39(47(43,44)24-15-21(32)14-22(33)16-24)19-26(28)29(36-40)35-30(41)25-9-8-23(17-27(25)34-11-13-45-6)38(5)18-20(2)37(3)4/h8-9,14-17,20,34H,7,10-13,18-19H2,1-6H3,(H,35,36,41). The summed E-state index contributed by atoms with van der Waals surface area (Å²) in [5.74, 6) is -2.69. The number of methoxy groups -OCH3 is 1. The summed E-state index contributed by atoms with van der Waals surface area (Å²) in [4.78, 5) is 30.2. The molecule has 2 N–H and O–H groups in total. The van der Waals surface area contributed by atoms with Gasteiger partial charge in [-0.15, -0.1) is 5.10 Å². The normalized spacial score (nSPS) is 14.1. The fourth-order valence-electron chi connectivity index (χ4n) is 5.10. The maximum absolute atomic E-state index is 13.9. The van der Waals surface area contributed by atoms with Crippen molar-refractivity contribution in [2.24, 2.45) is 0 Å². The van der Waals surface area contributed by atoms with Gasteiger partial charge in [-0.25, -0.2) is 22.0 Å². The van der Waals surface area contributed by atoms with Crippen molar-refractivity contribution in [3.63, 3.8) is 0 Å². The van der Waals surface area contributed by atoms with E-state index >= 15 is 0 Å². The minimum atomic E-state index is -4.36. The van der Waals surface area contributed by atoms with Gasteiger partial charge in [0.1, 0.15) is 11.6 Å². The molecule has 0 spiro atoms. The quantitative estimate of drug-likeness (QED) is 0.258. The Morgan fingerprint density at radius 1 is 1.11 bits per heavy atom. The van der Waals surface area contributed by atoms with Gasteiger partial charge in [0.05, 0.1) is 29.4 Å². The third-order valence-corrected chi connectivity index (χ3v) is 9.72. The lowest BCUT2D eigenvalue weighted by atomic mass is 10.1. The Labute approximate surface area is 273 Å². The molecular weight excluding hydrogens is 636 g/mol. The second-order valence-electron chi connectivity index (χ2n) is 11.4. The average Bonchev–Trinajstić information content (AvgIpc) is 3.38. The SMILES string of the molecule is CCOC(=O)n1nc(NC(=O)c2ccc(N(C)CC(C)N(C)C)cc2NCCOC)c2c1CCN(S(=O)(=O)c1cc(F)cc(F)c1)C2. The number of nitrogens with one attached hydrogen (secondary N) is 2. The fourth-order valence-corrected chi connectivity index (χ4v) is 6.56. The zero-order chi connectivity index (χ0) is 34.5. The van der Waals surface area contributed by atoms with Gasteiger partial charge in [0.25, 0.3) is 5.91 Å². The van der Waals surface area contributed by atoms with Crippen molar-refractivity contribution in [2.75, 3.05) is 76.6 Å². The van der Waals surface area contributed by atoms with E-state index in [1.807, 2.05) is 33.3 Å². The van der Waals surface area contributed by atoms with Crippen molar-refractivity contribution in [1.82, 2.24) is 19.0 Å². The summed E-state index contributed by atoms with van der Waals surface area (Å²) in [6, 6.07) is 7.65. The highest BCUT2D eigenvalue weighted by Crippen LogP contribution is 2.32. The van der Waals surface area contributed by atoms with E-state index in [2.05, 4.69) is 32.5 Å². The van der Waals surface area contributed by atoms with E-state index in [0.717, 1.165) is 33.4 Å². The van der Waals surface area contributed by atoms with E-state index in [0.29, 0.717) is 30.6 Å². The van der Waals surface area contributed by atoms with Crippen molar-refractivity contribution >= 4 is 39.2 Å². The number of carbonyl (C=O) groups excluding carboxylic acids is 2. The third-order valence-electron chi connectivity index (χ3n) is 7.90. The summed E-state index contributed by atoms with van der Waals surface area (Å²) in [6.07, 6.45) is -0.779. The summed E-state index contributed by atoms with van der Waals surface area (Å²) < 4.78 is 67.1. The second-order valence-corrected chi connectivity index (χ2v) is 13.3. The highest BCUT2D eigenvalue weighted by Gasteiger charge is 2.35. The van der Waals surface area contributed by atoms with Crippen LogP contribution in [0.1, 0.15) is 35.5 Å². The third kappa shape index (κ3) is 8.25. The number of sulfonamides is 1. The number of amides is 1. The lowest BCUT2D eigenvalue weighted by Crippen LogP contribution is -2.37. The van der Waals surface area contributed by atoms with E-state index in [-0.39, 0.29) is 49.1 Å². The Kier molecular flexibility index (Phi) is 11.5. The summed E-state index contributed by atoms with van der Waals surface area (Å²) in [6.45, 7) is 4.89. The van der Waals surface area contributed by atoms with Gasteiger partial charge in [0, 0.05) is 75.8 Å². The average molecular weight is 678 g/mol. The Hall–Kier alpha value is -4.12. The molecular formula is C31H41F2N7O6S. The number of likely N-dealkylation sites (N-methyl/N-ethyl adjacent to an activating group) is 2. The number of hydrogen-bond donors (Lipinski definition) is 2. The molecule has 1 aliphatic rings. The van der Waals surface area contributed by atoms with Crippen LogP contribution < -0.4 is 15.5 Å². The van der Waals surface area contributed by atoms with Gasteiger partial charge in [0.15, 0.2) is 5.82 Å². The van der Waals surface area contributed by atoms with Crippen LogP contribution in [0.5, 0.6) is 0 Å². The second kappa shape index (κ2) is 15.2. The van der Waals surface area contributed by atoms with E-state index < -0.39 is 38.6 Å². The molecule has 256 valence electrons. The Morgan fingerprint density at radius 2 is 1.81 bits per heavy atom. The van der Waals surface area contributed by atoms with Gasteiger partial charge in [-0.1, -0.05) is 0 Å². The molecule has 0 saturated carbocycles. The summed E-state index contributed by atoms with van der Waals surface area (Å²) in [5, 5.41) is 10.3. The van der Waals surface area contributed by atoms with Crippen LogP contribution in [0.25, 0.3) is 0 Å². The minimum absolute atomic E-state index is 0.0181. The van der Waals surface area contributed by atoms with Gasteiger partial charge in [-0.2, -0.15) is 8.99 Å². The molecule has 1 amide bonds. The topological polar surface area (TPSA) is 138 Å². The fraction of sp³-hybridized carbons (Fsp3) is 0.452. The molecule has 1 unspecified atom stereocenters. The molecule has 0 saturated heterocycles. The summed E-state index contributed by atoms with van der Waals surface area (Å²) in [7, 11) is 3.17. The van der Waals surface area contributed by atoms with Crippen LogP contribution in [0, 0.1) is 11.6 Å². The van der Waals surface area contributed by atoms with E-state index in [9.17, 15) is 26.8 Å². The number of carbonyl (C=O) groups is 2. The first-order valence-corrected chi connectivity index (χ1v) is 16.5. The molecule has 2 heterocycles. The number of hydrogen-bond acceptors (Lipinski definition) is 10. The molecule has 0 fully saturated rings. The smallest absolute Gasteiger partial charge is 0.434 e. The lowest BCUT2D eigenvalue weighted by Gasteiger charge is -2.28. The molecule has 0 aliphatic carbocycles. The van der Waals surface area contributed by atoms with Crippen LogP contribution in [-0.4, -0.2) is 107 Å². The van der Waals surface area contributed by atoms with Gasteiger partial charge in [-0.3, -0.25) is 4.79 Å². The van der Waals surface area contributed by atoms with Crippen LogP contribution in [0.3, 0.4) is 0 Å². The maximum atomic E-state index is 13.9. The van der Waals surface area contributed by atoms with Crippen LogP contribution in [0.15, 0.2) is 41.3 Å². The molecule has 2 aromatic carbocycles. The number of nitrogens with zero attached hydrogens (tertiary/aromatic N) is 5. The van der Waals surface area contributed by atoms with Crippen LogP contribution >= 0.6 is 0 Å². The van der Waals surface area contributed by atoms with Crippen LogP contribution in [0.4, 0.5) is 30.8 Å². The molecule has 1 aliphatic heterocycles. The molecule has 1 atom stereocenters. The molecule has 16 heteroatoms. The van der Waals surface area contributed by atoms with E-state index in [4.69, 9.17) is 9.47 Å². The number of rotatable bonds is 13. The number of aromatic nitrogens is 2. The van der Waals surface area contributed by atoms with Crippen LogP contribution in [0.2, 0.25) is 0 Å². The Balaban J connectivity index is 1.69. The van der Waals surface area contributed by atoms with Gasteiger partial charge in [0.2, 0.25) is 10.0 Å². The van der Waals surface area contributed by atoms with Gasteiger partial charge < -0.3 is 29.9 Å². The summed E-state index contributed by atoms with van der Waals surface area (Å²) >= 11 is 0. The number of fused-ring (bicyclic) bond motifs is 1. The zero-order valence-electron chi connectivity index (χ0n) is 27.3. The molecule has 4 rings (SSSR count). The predicted molar refractivity (Wildman–Crippen MR) is 173 cm³/mol. The number of ether oxygens (including phenoxy) is 2. The van der Waals surface area contributed by atoms with Crippen molar-refractivity contribution in [3.05, 3.63) is 64.9 Å². The Morgan fingerprint density at radius 3 is 2.45 bits per heavy atom. The highest BCUT2D eigenvalue weighted by molar-refractivity contribution is 7.89. The molecule has 0 bridgehead atoms. The molecule has 3 aromatic rings. The molecule has 13 nitrogen and oxygen atoms in total. The van der Waals surface area contributed by atoms with Crippen molar-refractivity contribution < 1.29 is 36.3 Å². The van der Waals surface area contributed by atoms with Crippen LogP contribution in [-0.2, 0) is 32.5 Å². The van der Waals surface area contributed by atoms with Crippen molar-refractivity contribution in [3.8, 4) is 0 Å². The lowest BCUT2D eigenvalue weighted by molar-refractivity contribution is 0.102. The number of anilines is 3. The van der Waals surface area contributed by atoms with Gasteiger partial charge >= 0.3 is 6.09 Å². The van der Waals surface area contributed by atoms with Crippen molar-refractivity contribution in [2.45, 2.75) is 37.8 Å². The highest BCUT2D eigenvalue weighted by atomic mass is 32.2. The van der Waals surface area contributed by atoms with E-state index in [1.165, 1.54) is 0 Å². The van der Waals surface area contributed by atoms with E-state index in [1.54, 1.807) is 20.1 Å². The first kappa shape index (κ1) is 35.7. The molecule has 0 radical (unpaired) electrons. The largest absolute Gasteiger partial charge is 0.448 e. The van der Waals surface area contributed by atoms with Gasteiger partial charge in [-0.05, 0) is 58.3 Å². The number of benzene rings is 2. The minimum Gasteiger partial charge on any atom is -0.448 e. The number of halogens is 2. The summed E-state index contributed by atoms with van der Waals surface area (Å²) in [5.41, 5.74) is 2.27.